The lowest BCUT2D eigenvalue weighted by Crippen LogP contribution is -2.14. The van der Waals surface area contributed by atoms with Crippen LogP contribution in [0.5, 0.6) is 0 Å². The molecule has 2 nitrogen and oxygen atoms in total. The topological polar surface area (TPSA) is 33.1 Å². The fourth-order valence-corrected chi connectivity index (χ4v) is 3.13. The van der Waals surface area contributed by atoms with Gasteiger partial charge in [-0.15, -0.1) is 11.3 Å². The summed E-state index contributed by atoms with van der Waals surface area (Å²) in [7, 11) is 0. The number of aliphatic hydroxyl groups excluding tert-OH is 1. The van der Waals surface area contributed by atoms with E-state index >= 15 is 0 Å². The normalized spacial score (nSPS) is 16.0. The third-order valence-electron chi connectivity index (χ3n) is 1.42. The van der Waals surface area contributed by atoms with Gasteiger partial charge in [-0.2, -0.15) is 0 Å². The number of aliphatic hydroxyl groups is 1. The first-order valence-electron chi connectivity index (χ1n) is 3.55. The van der Waals surface area contributed by atoms with E-state index in [1.807, 2.05) is 12.3 Å². The molecule has 12 heavy (non-hydrogen) atoms. The van der Waals surface area contributed by atoms with Crippen LogP contribution in [0.1, 0.15) is 13.8 Å². The van der Waals surface area contributed by atoms with E-state index in [4.69, 9.17) is 0 Å². The third kappa shape index (κ3) is 3.05. The van der Waals surface area contributed by atoms with E-state index in [0.717, 1.165) is 8.94 Å². The van der Waals surface area contributed by atoms with E-state index in [-0.39, 0.29) is 11.4 Å². The van der Waals surface area contributed by atoms with Crippen molar-refractivity contribution in [3.05, 3.63) is 9.98 Å². The van der Waals surface area contributed by atoms with Gasteiger partial charge in [-0.1, -0.05) is 18.7 Å². The molecule has 0 aliphatic heterocycles. The number of thiazole rings is 1. The van der Waals surface area contributed by atoms with Gasteiger partial charge in [0.2, 0.25) is 0 Å². The summed E-state index contributed by atoms with van der Waals surface area (Å²) in [6.45, 7) is 3.78. The Kier molecular flexibility index (Phi) is 4.02. The monoisotopic (exact) mass is 267 g/mol. The molecule has 0 bridgehead atoms. The number of thioether (sulfide) groups is 1. The zero-order valence-corrected chi connectivity index (χ0v) is 10.0. The zero-order chi connectivity index (χ0) is 9.14. The van der Waals surface area contributed by atoms with E-state index in [1.54, 1.807) is 30.0 Å². The Bertz CT molecular complexity index is 251. The molecule has 0 aliphatic rings. The molecule has 2 atom stereocenters. The van der Waals surface area contributed by atoms with Gasteiger partial charge < -0.3 is 5.11 Å². The Hall–Kier alpha value is 0.420. The van der Waals surface area contributed by atoms with Crippen molar-refractivity contribution in [2.24, 2.45) is 0 Å². The first kappa shape index (κ1) is 10.5. The van der Waals surface area contributed by atoms with Crippen molar-refractivity contribution in [1.29, 1.82) is 0 Å². The van der Waals surface area contributed by atoms with Gasteiger partial charge in [-0.05, 0) is 22.9 Å². The van der Waals surface area contributed by atoms with Gasteiger partial charge in [-0.25, -0.2) is 4.98 Å². The minimum Gasteiger partial charge on any atom is -0.392 e. The van der Waals surface area contributed by atoms with Crippen LogP contribution in [0.2, 0.25) is 0 Å². The molecule has 0 saturated carbocycles. The fraction of sp³-hybridized carbons (Fsp3) is 0.571. The van der Waals surface area contributed by atoms with Gasteiger partial charge in [-0.3, -0.25) is 0 Å². The van der Waals surface area contributed by atoms with Gasteiger partial charge in [0.15, 0.2) is 4.34 Å². The van der Waals surface area contributed by atoms with Crippen LogP contribution in [-0.2, 0) is 0 Å². The van der Waals surface area contributed by atoms with Crippen molar-refractivity contribution in [2.45, 2.75) is 29.5 Å². The molecule has 1 aromatic heterocycles. The van der Waals surface area contributed by atoms with E-state index in [9.17, 15) is 5.11 Å². The van der Waals surface area contributed by atoms with Crippen molar-refractivity contribution in [3.8, 4) is 0 Å². The van der Waals surface area contributed by atoms with Crippen LogP contribution in [0.25, 0.3) is 0 Å². The maximum absolute atomic E-state index is 9.23. The van der Waals surface area contributed by atoms with Gasteiger partial charge in [0, 0.05) is 10.6 Å². The largest absolute Gasteiger partial charge is 0.392 e. The number of hydrogen-bond acceptors (Lipinski definition) is 4. The van der Waals surface area contributed by atoms with Crippen LogP contribution in [0, 0.1) is 0 Å². The lowest BCUT2D eigenvalue weighted by molar-refractivity contribution is 0.196. The van der Waals surface area contributed by atoms with Crippen LogP contribution in [0.3, 0.4) is 0 Å². The summed E-state index contributed by atoms with van der Waals surface area (Å²) in [6.07, 6.45) is -0.294. The molecule has 0 spiro atoms. The van der Waals surface area contributed by atoms with Crippen molar-refractivity contribution < 1.29 is 5.11 Å². The second kappa shape index (κ2) is 4.60. The molecule has 1 rings (SSSR count). The SMILES string of the molecule is CC(O)C(C)Sc1nc(Br)cs1. The smallest absolute Gasteiger partial charge is 0.151 e. The molecule has 5 heteroatoms. The van der Waals surface area contributed by atoms with Gasteiger partial charge in [0.25, 0.3) is 0 Å². The number of aromatic nitrogens is 1. The Balaban J connectivity index is 2.52. The quantitative estimate of drug-likeness (QED) is 0.856. The van der Waals surface area contributed by atoms with Crippen molar-refractivity contribution in [3.63, 3.8) is 0 Å². The van der Waals surface area contributed by atoms with E-state index < -0.39 is 0 Å². The second-order valence-corrected chi connectivity index (χ2v) is 5.79. The molecule has 68 valence electrons. The molecule has 1 N–H and O–H groups in total. The summed E-state index contributed by atoms with van der Waals surface area (Å²) >= 11 is 6.47. The summed E-state index contributed by atoms with van der Waals surface area (Å²) < 4.78 is 1.86. The number of nitrogens with zero attached hydrogens (tertiary/aromatic N) is 1. The first-order valence-corrected chi connectivity index (χ1v) is 6.10. The predicted molar refractivity (Wildman–Crippen MR) is 56.8 cm³/mol. The highest BCUT2D eigenvalue weighted by molar-refractivity contribution is 9.10. The second-order valence-electron chi connectivity index (χ2n) is 2.50. The summed E-state index contributed by atoms with van der Waals surface area (Å²) in [5.74, 6) is 0. The summed E-state index contributed by atoms with van der Waals surface area (Å²) in [6, 6.07) is 0. The van der Waals surface area contributed by atoms with Crippen LogP contribution < -0.4 is 0 Å². The summed E-state index contributed by atoms with van der Waals surface area (Å²) in [5, 5.41) is 11.4. The van der Waals surface area contributed by atoms with E-state index in [0.29, 0.717) is 0 Å². The summed E-state index contributed by atoms with van der Waals surface area (Å²) in [5.41, 5.74) is 0. The maximum Gasteiger partial charge on any atom is 0.151 e. The van der Waals surface area contributed by atoms with Gasteiger partial charge in [0.1, 0.15) is 4.60 Å². The fourth-order valence-electron chi connectivity index (χ4n) is 0.551. The molecular weight excluding hydrogens is 258 g/mol. The lowest BCUT2D eigenvalue weighted by atomic mass is 10.3. The standard InChI is InChI=1S/C7H10BrNOS2/c1-4(10)5(2)12-7-9-6(8)3-11-7/h3-5,10H,1-2H3. The molecule has 0 saturated heterocycles. The maximum atomic E-state index is 9.23. The molecule has 0 amide bonds. The molecule has 1 heterocycles. The van der Waals surface area contributed by atoms with Crippen molar-refractivity contribution in [2.75, 3.05) is 0 Å². The van der Waals surface area contributed by atoms with E-state index in [2.05, 4.69) is 20.9 Å². The number of rotatable bonds is 3. The Morgan fingerprint density at radius 3 is 2.75 bits per heavy atom. The van der Waals surface area contributed by atoms with E-state index in [1.165, 1.54) is 0 Å². The van der Waals surface area contributed by atoms with Crippen LogP contribution >= 0.6 is 39.0 Å². The van der Waals surface area contributed by atoms with Crippen molar-refractivity contribution in [1.82, 2.24) is 4.98 Å². The Morgan fingerprint density at radius 2 is 2.33 bits per heavy atom. The van der Waals surface area contributed by atoms with Crippen LogP contribution in [0.4, 0.5) is 0 Å². The minimum atomic E-state index is -0.294. The number of halogens is 1. The minimum absolute atomic E-state index is 0.197. The average molecular weight is 268 g/mol. The third-order valence-corrected chi connectivity index (χ3v) is 4.40. The molecule has 0 aromatic carbocycles. The lowest BCUT2D eigenvalue weighted by Gasteiger charge is -2.11. The highest BCUT2D eigenvalue weighted by atomic mass is 79.9. The van der Waals surface area contributed by atoms with Gasteiger partial charge in [0.05, 0.1) is 6.10 Å². The molecule has 0 fully saturated rings. The molecule has 0 radical (unpaired) electrons. The zero-order valence-electron chi connectivity index (χ0n) is 6.82. The molecule has 0 aliphatic carbocycles. The van der Waals surface area contributed by atoms with Crippen LogP contribution in [0.15, 0.2) is 14.3 Å². The highest BCUT2D eigenvalue weighted by Crippen LogP contribution is 2.29. The highest BCUT2D eigenvalue weighted by Gasteiger charge is 2.12. The first-order chi connectivity index (χ1) is 5.59. The van der Waals surface area contributed by atoms with Gasteiger partial charge >= 0.3 is 0 Å². The van der Waals surface area contributed by atoms with Crippen LogP contribution in [-0.4, -0.2) is 21.4 Å². The number of hydrogen-bond donors (Lipinski definition) is 1. The molecule has 1 aromatic rings. The Morgan fingerprint density at radius 1 is 1.67 bits per heavy atom. The average Bonchev–Trinajstić information content (AvgIpc) is 2.35. The van der Waals surface area contributed by atoms with Crippen molar-refractivity contribution >= 4 is 39.0 Å². The molecular formula is C7H10BrNOS2. The predicted octanol–water partition coefficient (Wildman–Crippen LogP) is 2.77. The molecule has 2 unspecified atom stereocenters. The summed E-state index contributed by atoms with van der Waals surface area (Å²) in [4.78, 5) is 4.22. The Labute approximate surface area is 88.5 Å².